The molecule has 0 saturated carbocycles. The fourth-order valence-corrected chi connectivity index (χ4v) is 2.05. The largest absolute Gasteiger partial charge is 0.462 e. The Kier molecular flexibility index (Phi) is 2.60. The Bertz CT molecular complexity index is 683. The molecular weight excluding hydrogens is 228 g/mol. The molecule has 0 aliphatic heterocycles. The average molecular weight is 242 g/mol. The minimum Gasteiger partial charge on any atom is -0.462 e. The highest BCUT2D eigenvalue weighted by molar-refractivity contribution is 5.73. The molecule has 2 heterocycles. The van der Waals surface area contributed by atoms with Gasteiger partial charge in [0.15, 0.2) is 0 Å². The van der Waals surface area contributed by atoms with Gasteiger partial charge in [-0.05, 0) is 30.7 Å². The lowest BCUT2D eigenvalue weighted by atomic mass is 10.2. The van der Waals surface area contributed by atoms with Crippen LogP contribution in [-0.4, -0.2) is 15.0 Å². The molecule has 0 atom stereocenters. The average Bonchev–Trinajstić information content (AvgIpc) is 2.94. The van der Waals surface area contributed by atoms with Crippen LogP contribution in [0.5, 0.6) is 0 Å². The molecule has 5 nitrogen and oxygen atoms in total. The summed E-state index contributed by atoms with van der Waals surface area (Å²) in [4.78, 5) is 0. The van der Waals surface area contributed by atoms with Gasteiger partial charge in [0.2, 0.25) is 0 Å². The molecule has 5 heteroatoms. The van der Waals surface area contributed by atoms with Gasteiger partial charge in [0.25, 0.3) is 0 Å². The quantitative estimate of drug-likeness (QED) is 0.760. The van der Waals surface area contributed by atoms with Crippen molar-refractivity contribution in [1.29, 1.82) is 0 Å². The van der Waals surface area contributed by atoms with E-state index in [1.54, 1.807) is 0 Å². The van der Waals surface area contributed by atoms with Crippen molar-refractivity contribution in [2.45, 2.75) is 20.0 Å². The summed E-state index contributed by atoms with van der Waals surface area (Å²) in [6, 6.07) is 9.86. The molecule has 0 aliphatic rings. The second-order valence-electron chi connectivity index (χ2n) is 4.26. The van der Waals surface area contributed by atoms with E-state index in [4.69, 9.17) is 10.2 Å². The third-order valence-electron chi connectivity index (χ3n) is 2.98. The molecule has 18 heavy (non-hydrogen) atoms. The molecule has 0 radical (unpaired) electrons. The number of para-hydroxylation sites is 1. The van der Waals surface area contributed by atoms with Gasteiger partial charge in [-0.25, -0.2) is 4.68 Å². The van der Waals surface area contributed by atoms with Gasteiger partial charge in [0, 0.05) is 0 Å². The lowest BCUT2D eigenvalue weighted by Crippen LogP contribution is -2.00. The number of benzene rings is 1. The third-order valence-corrected chi connectivity index (χ3v) is 2.98. The summed E-state index contributed by atoms with van der Waals surface area (Å²) >= 11 is 0. The highest BCUT2D eigenvalue weighted by Crippen LogP contribution is 2.17. The summed E-state index contributed by atoms with van der Waals surface area (Å²) in [7, 11) is 0. The van der Waals surface area contributed by atoms with Crippen LogP contribution in [0, 0.1) is 6.92 Å². The van der Waals surface area contributed by atoms with E-state index in [1.807, 2.05) is 41.9 Å². The summed E-state index contributed by atoms with van der Waals surface area (Å²) in [5.41, 5.74) is 8.57. The zero-order chi connectivity index (χ0) is 12.5. The van der Waals surface area contributed by atoms with Crippen LogP contribution in [0.15, 0.2) is 34.7 Å². The summed E-state index contributed by atoms with van der Waals surface area (Å²) < 4.78 is 7.50. The first-order valence-electron chi connectivity index (χ1n) is 5.84. The van der Waals surface area contributed by atoms with Gasteiger partial charge in [-0.2, -0.15) is 0 Å². The zero-order valence-electron chi connectivity index (χ0n) is 10.1. The molecule has 0 unspecified atom stereocenters. The Morgan fingerprint density at radius 1 is 1.33 bits per heavy atom. The van der Waals surface area contributed by atoms with Gasteiger partial charge in [0.05, 0.1) is 12.1 Å². The fourth-order valence-electron chi connectivity index (χ4n) is 2.05. The normalized spacial score (nSPS) is 11.2. The zero-order valence-corrected chi connectivity index (χ0v) is 10.1. The molecule has 0 bridgehead atoms. The van der Waals surface area contributed by atoms with Gasteiger partial charge in [-0.1, -0.05) is 17.3 Å². The standard InChI is InChI=1S/C13H14N4O/c1-9-6-10(18-13(9)7-14)8-17-12-5-3-2-4-11(12)15-16-17/h2-6H,7-8,14H2,1H3. The first-order valence-corrected chi connectivity index (χ1v) is 5.84. The lowest BCUT2D eigenvalue weighted by Gasteiger charge is -1.98. The van der Waals surface area contributed by atoms with Gasteiger partial charge in [-0.15, -0.1) is 5.10 Å². The van der Waals surface area contributed by atoms with E-state index in [9.17, 15) is 0 Å². The van der Waals surface area contributed by atoms with E-state index >= 15 is 0 Å². The molecule has 0 spiro atoms. The van der Waals surface area contributed by atoms with Crippen LogP contribution in [0.1, 0.15) is 17.1 Å². The van der Waals surface area contributed by atoms with Gasteiger partial charge >= 0.3 is 0 Å². The van der Waals surface area contributed by atoms with Crippen molar-refractivity contribution in [2.75, 3.05) is 0 Å². The fraction of sp³-hybridized carbons (Fsp3) is 0.231. The Balaban J connectivity index is 1.96. The Hall–Kier alpha value is -2.14. The second-order valence-corrected chi connectivity index (χ2v) is 4.26. The predicted molar refractivity (Wildman–Crippen MR) is 68.0 cm³/mol. The third kappa shape index (κ3) is 1.78. The maximum absolute atomic E-state index is 5.67. The number of aryl methyl sites for hydroxylation is 1. The lowest BCUT2D eigenvalue weighted by molar-refractivity contribution is 0.444. The van der Waals surface area contributed by atoms with Gasteiger partial charge < -0.3 is 10.2 Å². The monoisotopic (exact) mass is 242 g/mol. The van der Waals surface area contributed by atoms with Gasteiger partial charge in [0.1, 0.15) is 23.6 Å². The van der Waals surface area contributed by atoms with Crippen molar-refractivity contribution in [3.05, 3.63) is 47.4 Å². The smallest absolute Gasteiger partial charge is 0.126 e. The van der Waals surface area contributed by atoms with Crippen molar-refractivity contribution < 1.29 is 4.42 Å². The Morgan fingerprint density at radius 3 is 2.94 bits per heavy atom. The number of nitrogens with two attached hydrogens (primary N) is 1. The Labute approximate surface area is 104 Å². The van der Waals surface area contributed by atoms with Crippen molar-refractivity contribution in [2.24, 2.45) is 5.73 Å². The highest BCUT2D eigenvalue weighted by atomic mass is 16.3. The van der Waals surface area contributed by atoms with E-state index in [1.165, 1.54) is 0 Å². The number of rotatable bonds is 3. The number of hydrogen-bond donors (Lipinski definition) is 1. The number of nitrogens with zero attached hydrogens (tertiary/aromatic N) is 3. The Morgan fingerprint density at radius 2 is 2.17 bits per heavy atom. The van der Waals surface area contributed by atoms with Crippen molar-refractivity contribution in [1.82, 2.24) is 15.0 Å². The first-order chi connectivity index (χ1) is 8.78. The SMILES string of the molecule is Cc1cc(Cn2nnc3ccccc32)oc1CN. The van der Waals surface area contributed by atoms with Crippen molar-refractivity contribution in [3.8, 4) is 0 Å². The van der Waals surface area contributed by atoms with Crippen molar-refractivity contribution >= 4 is 11.0 Å². The van der Waals surface area contributed by atoms with E-state index in [2.05, 4.69) is 10.3 Å². The maximum Gasteiger partial charge on any atom is 0.126 e. The molecule has 1 aromatic carbocycles. The number of hydrogen-bond acceptors (Lipinski definition) is 4. The molecule has 0 amide bonds. The predicted octanol–water partition coefficient (Wildman–Crippen LogP) is 1.84. The van der Waals surface area contributed by atoms with Crippen LogP contribution in [-0.2, 0) is 13.1 Å². The molecule has 0 fully saturated rings. The van der Waals surface area contributed by atoms with E-state index in [0.29, 0.717) is 13.1 Å². The molecule has 3 aromatic rings. The van der Waals surface area contributed by atoms with Crippen LogP contribution in [0.4, 0.5) is 0 Å². The van der Waals surface area contributed by atoms with Crippen LogP contribution in [0.25, 0.3) is 11.0 Å². The van der Waals surface area contributed by atoms with Crippen LogP contribution >= 0.6 is 0 Å². The van der Waals surface area contributed by atoms with Gasteiger partial charge in [-0.3, -0.25) is 0 Å². The number of fused-ring (bicyclic) bond motifs is 1. The van der Waals surface area contributed by atoms with E-state index < -0.39 is 0 Å². The van der Waals surface area contributed by atoms with E-state index in [-0.39, 0.29) is 0 Å². The highest BCUT2D eigenvalue weighted by Gasteiger charge is 2.09. The minimum atomic E-state index is 0.421. The molecule has 2 N–H and O–H groups in total. The molecular formula is C13H14N4O. The molecule has 0 aliphatic carbocycles. The topological polar surface area (TPSA) is 69.9 Å². The first kappa shape index (κ1) is 11.0. The number of furan rings is 1. The summed E-state index contributed by atoms with van der Waals surface area (Å²) in [6.45, 7) is 2.99. The molecule has 0 saturated heterocycles. The number of aromatic nitrogens is 3. The minimum absolute atomic E-state index is 0.421. The molecule has 92 valence electrons. The maximum atomic E-state index is 5.67. The van der Waals surface area contributed by atoms with E-state index in [0.717, 1.165) is 28.1 Å². The summed E-state index contributed by atoms with van der Waals surface area (Å²) in [6.07, 6.45) is 0. The molecule has 2 aromatic heterocycles. The second kappa shape index (κ2) is 4.27. The summed E-state index contributed by atoms with van der Waals surface area (Å²) in [5.74, 6) is 1.68. The van der Waals surface area contributed by atoms with Crippen molar-refractivity contribution in [3.63, 3.8) is 0 Å². The van der Waals surface area contributed by atoms with Crippen LogP contribution in [0.3, 0.4) is 0 Å². The van der Waals surface area contributed by atoms with Crippen LogP contribution in [0.2, 0.25) is 0 Å². The molecule has 3 rings (SSSR count). The summed E-state index contributed by atoms with van der Waals surface area (Å²) in [5, 5.41) is 8.24. The van der Waals surface area contributed by atoms with Crippen LogP contribution < -0.4 is 5.73 Å².